The van der Waals surface area contributed by atoms with Crippen LogP contribution in [-0.4, -0.2) is 53.9 Å². The minimum absolute atomic E-state index is 0.0991. The van der Waals surface area contributed by atoms with Crippen molar-refractivity contribution in [2.75, 3.05) is 27.2 Å². The number of nitrogens with one attached hydrogen (secondary N) is 1. The molecule has 1 amide bonds. The molecule has 0 saturated heterocycles. The number of carbonyl (C=O) groups excluding carboxylic acids is 1. The number of likely N-dealkylation sites (N-methyl/N-ethyl adjacent to an activating group) is 2. The standard InChI is InChI=1S/C13H21N3O2/c1-5-16(10(2)9-15(3)4)13(18)11-6-7-14-12(17)8-11/h6-8,10H,5,9H2,1-4H3,(H,14,17). The normalized spacial score (nSPS) is 12.5. The first kappa shape index (κ1) is 14.4. The van der Waals surface area contributed by atoms with Crippen LogP contribution in [0.25, 0.3) is 0 Å². The number of amides is 1. The van der Waals surface area contributed by atoms with Gasteiger partial charge in [-0.3, -0.25) is 9.59 Å². The molecule has 0 aliphatic rings. The van der Waals surface area contributed by atoms with Gasteiger partial charge in [0, 0.05) is 37.0 Å². The van der Waals surface area contributed by atoms with Crippen LogP contribution in [0.1, 0.15) is 24.2 Å². The maximum Gasteiger partial charge on any atom is 0.254 e. The summed E-state index contributed by atoms with van der Waals surface area (Å²) in [7, 11) is 3.95. The molecule has 0 aromatic carbocycles. The lowest BCUT2D eigenvalue weighted by atomic mass is 10.2. The Morgan fingerprint density at radius 3 is 2.61 bits per heavy atom. The zero-order valence-corrected chi connectivity index (χ0v) is 11.4. The lowest BCUT2D eigenvalue weighted by molar-refractivity contribution is 0.0679. The third-order valence-corrected chi connectivity index (χ3v) is 2.79. The average Bonchev–Trinajstić information content (AvgIpc) is 2.28. The lowest BCUT2D eigenvalue weighted by Crippen LogP contribution is -2.43. The van der Waals surface area contributed by atoms with Gasteiger partial charge in [-0.25, -0.2) is 0 Å². The molecule has 5 heteroatoms. The first-order valence-corrected chi connectivity index (χ1v) is 6.10. The van der Waals surface area contributed by atoms with Gasteiger partial charge in [-0.05, 0) is 34.0 Å². The van der Waals surface area contributed by atoms with E-state index >= 15 is 0 Å². The van der Waals surface area contributed by atoms with Gasteiger partial charge < -0.3 is 14.8 Å². The summed E-state index contributed by atoms with van der Waals surface area (Å²) < 4.78 is 0. The molecule has 1 aromatic rings. The van der Waals surface area contributed by atoms with Crippen molar-refractivity contribution in [3.05, 3.63) is 34.2 Å². The maximum absolute atomic E-state index is 12.3. The minimum Gasteiger partial charge on any atom is -0.335 e. The fraction of sp³-hybridized carbons (Fsp3) is 0.538. The Morgan fingerprint density at radius 2 is 2.11 bits per heavy atom. The molecule has 5 nitrogen and oxygen atoms in total. The summed E-state index contributed by atoms with van der Waals surface area (Å²) in [5.74, 6) is -0.0991. The monoisotopic (exact) mass is 251 g/mol. The molecule has 1 N–H and O–H groups in total. The smallest absolute Gasteiger partial charge is 0.254 e. The molecule has 0 aliphatic heterocycles. The number of carbonyl (C=O) groups is 1. The molecule has 0 bridgehead atoms. The number of aromatic nitrogens is 1. The molecular weight excluding hydrogens is 230 g/mol. The second kappa shape index (κ2) is 6.35. The zero-order chi connectivity index (χ0) is 13.7. The van der Waals surface area contributed by atoms with Gasteiger partial charge in [-0.15, -0.1) is 0 Å². The molecular formula is C13H21N3O2. The summed E-state index contributed by atoms with van der Waals surface area (Å²) in [6, 6.07) is 3.08. The lowest BCUT2D eigenvalue weighted by Gasteiger charge is -2.30. The fourth-order valence-electron chi connectivity index (χ4n) is 2.03. The number of pyridine rings is 1. The molecule has 1 unspecified atom stereocenters. The second-order valence-corrected chi connectivity index (χ2v) is 4.64. The topological polar surface area (TPSA) is 56.4 Å². The van der Waals surface area contributed by atoms with E-state index in [1.54, 1.807) is 11.0 Å². The van der Waals surface area contributed by atoms with Crippen LogP contribution >= 0.6 is 0 Å². The van der Waals surface area contributed by atoms with Crippen LogP contribution in [-0.2, 0) is 0 Å². The summed E-state index contributed by atoms with van der Waals surface area (Å²) in [5.41, 5.74) is 0.184. The van der Waals surface area contributed by atoms with Gasteiger partial charge in [0.05, 0.1) is 0 Å². The first-order valence-electron chi connectivity index (χ1n) is 6.10. The second-order valence-electron chi connectivity index (χ2n) is 4.64. The van der Waals surface area contributed by atoms with E-state index in [2.05, 4.69) is 4.98 Å². The first-order chi connectivity index (χ1) is 8.45. The van der Waals surface area contributed by atoms with Gasteiger partial charge in [0.2, 0.25) is 5.56 Å². The van der Waals surface area contributed by atoms with E-state index in [1.807, 2.05) is 32.8 Å². The Labute approximate surface area is 107 Å². The summed E-state index contributed by atoms with van der Waals surface area (Å²) in [6.45, 7) is 5.37. The van der Waals surface area contributed by atoms with E-state index < -0.39 is 0 Å². The third kappa shape index (κ3) is 3.70. The number of aromatic amines is 1. The zero-order valence-electron chi connectivity index (χ0n) is 11.4. The van der Waals surface area contributed by atoms with Gasteiger partial charge in [-0.2, -0.15) is 0 Å². The van der Waals surface area contributed by atoms with Gasteiger partial charge >= 0.3 is 0 Å². The van der Waals surface area contributed by atoms with Gasteiger partial charge in [-0.1, -0.05) is 0 Å². The van der Waals surface area contributed by atoms with Crippen molar-refractivity contribution in [1.29, 1.82) is 0 Å². The predicted molar refractivity (Wildman–Crippen MR) is 71.8 cm³/mol. The minimum atomic E-state index is -0.253. The van der Waals surface area contributed by atoms with Crippen molar-refractivity contribution in [1.82, 2.24) is 14.8 Å². The number of nitrogens with zero attached hydrogens (tertiary/aromatic N) is 2. The Morgan fingerprint density at radius 1 is 1.44 bits per heavy atom. The summed E-state index contributed by atoms with van der Waals surface area (Å²) in [5, 5.41) is 0. The van der Waals surface area contributed by atoms with Crippen molar-refractivity contribution >= 4 is 5.91 Å². The molecule has 0 saturated carbocycles. The van der Waals surface area contributed by atoms with Crippen LogP contribution in [0.15, 0.2) is 23.1 Å². The van der Waals surface area contributed by atoms with E-state index in [9.17, 15) is 9.59 Å². The number of hydrogen-bond acceptors (Lipinski definition) is 3. The van der Waals surface area contributed by atoms with Crippen molar-refractivity contribution < 1.29 is 4.79 Å². The molecule has 0 spiro atoms. The van der Waals surface area contributed by atoms with Gasteiger partial charge in [0.1, 0.15) is 0 Å². The Balaban J connectivity index is 2.88. The third-order valence-electron chi connectivity index (χ3n) is 2.79. The van der Waals surface area contributed by atoms with Crippen molar-refractivity contribution in [3.63, 3.8) is 0 Å². The molecule has 1 rings (SSSR count). The van der Waals surface area contributed by atoms with E-state index in [0.29, 0.717) is 12.1 Å². The molecule has 0 radical (unpaired) electrons. The van der Waals surface area contributed by atoms with Crippen LogP contribution in [0.3, 0.4) is 0 Å². The number of rotatable bonds is 5. The van der Waals surface area contributed by atoms with Crippen molar-refractivity contribution in [2.45, 2.75) is 19.9 Å². The van der Waals surface area contributed by atoms with Crippen LogP contribution in [0.5, 0.6) is 0 Å². The van der Waals surface area contributed by atoms with E-state index in [1.165, 1.54) is 12.3 Å². The Kier molecular flexibility index (Phi) is 5.09. The molecule has 1 heterocycles. The average molecular weight is 251 g/mol. The summed E-state index contributed by atoms with van der Waals surface area (Å²) in [6.07, 6.45) is 1.50. The highest BCUT2D eigenvalue weighted by molar-refractivity contribution is 5.94. The van der Waals surface area contributed by atoms with E-state index in [-0.39, 0.29) is 17.5 Å². The van der Waals surface area contributed by atoms with E-state index in [4.69, 9.17) is 0 Å². The SMILES string of the molecule is CCN(C(=O)c1cc[nH]c(=O)c1)C(C)CN(C)C. The fourth-order valence-corrected chi connectivity index (χ4v) is 2.03. The molecule has 0 fully saturated rings. The molecule has 18 heavy (non-hydrogen) atoms. The Hall–Kier alpha value is -1.62. The molecule has 1 atom stereocenters. The maximum atomic E-state index is 12.3. The van der Waals surface area contributed by atoms with Crippen LogP contribution in [0.4, 0.5) is 0 Å². The van der Waals surface area contributed by atoms with Gasteiger partial charge in [0.25, 0.3) is 5.91 Å². The highest BCUT2D eigenvalue weighted by atomic mass is 16.2. The number of hydrogen-bond donors (Lipinski definition) is 1. The van der Waals surface area contributed by atoms with Gasteiger partial charge in [0.15, 0.2) is 0 Å². The van der Waals surface area contributed by atoms with Crippen molar-refractivity contribution in [3.8, 4) is 0 Å². The number of H-pyrrole nitrogens is 1. The van der Waals surface area contributed by atoms with E-state index in [0.717, 1.165) is 6.54 Å². The molecule has 1 aromatic heterocycles. The molecule has 0 aliphatic carbocycles. The highest BCUT2D eigenvalue weighted by Crippen LogP contribution is 2.07. The summed E-state index contributed by atoms with van der Waals surface area (Å²) in [4.78, 5) is 29.8. The van der Waals surface area contributed by atoms with Crippen LogP contribution in [0.2, 0.25) is 0 Å². The predicted octanol–water partition coefficient (Wildman–Crippen LogP) is 0.787. The largest absolute Gasteiger partial charge is 0.335 e. The Bertz CT molecular complexity index is 454. The van der Waals surface area contributed by atoms with Crippen LogP contribution in [0, 0.1) is 0 Å². The quantitative estimate of drug-likeness (QED) is 0.841. The van der Waals surface area contributed by atoms with Crippen molar-refractivity contribution in [2.24, 2.45) is 0 Å². The van der Waals surface area contributed by atoms with Crippen LogP contribution < -0.4 is 5.56 Å². The highest BCUT2D eigenvalue weighted by Gasteiger charge is 2.20. The molecule has 100 valence electrons. The summed E-state index contributed by atoms with van der Waals surface area (Å²) >= 11 is 0.